The lowest BCUT2D eigenvalue weighted by Crippen LogP contribution is -2.23. The molecule has 2 aromatic heterocycles. The number of nitrogens with one attached hydrogen (secondary N) is 1. The summed E-state index contributed by atoms with van der Waals surface area (Å²) >= 11 is 3.19. The van der Waals surface area contributed by atoms with Gasteiger partial charge >= 0.3 is 0 Å². The molecule has 0 spiro atoms. The lowest BCUT2D eigenvalue weighted by molar-refractivity contribution is 0.0950. The molecule has 0 atom stereocenters. The van der Waals surface area contributed by atoms with Crippen molar-refractivity contribution < 1.29 is 9.18 Å². The van der Waals surface area contributed by atoms with Gasteiger partial charge in [0.1, 0.15) is 5.82 Å². The van der Waals surface area contributed by atoms with Gasteiger partial charge in [-0.2, -0.15) is 5.10 Å². The van der Waals surface area contributed by atoms with Gasteiger partial charge in [0.15, 0.2) is 5.82 Å². The summed E-state index contributed by atoms with van der Waals surface area (Å²) in [5.74, 6) is -0.00883. The summed E-state index contributed by atoms with van der Waals surface area (Å²) in [6, 6.07) is 9.41. The van der Waals surface area contributed by atoms with E-state index in [2.05, 4.69) is 31.3 Å². The highest BCUT2D eigenvalue weighted by Gasteiger charge is 2.10. The molecule has 23 heavy (non-hydrogen) atoms. The predicted octanol–water partition coefficient (Wildman–Crippen LogP) is 3.10. The van der Waals surface area contributed by atoms with Crippen molar-refractivity contribution in [2.24, 2.45) is 0 Å². The first-order valence-corrected chi connectivity index (χ1v) is 7.61. The van der Waals surface area contributed by atoms with Crippen molar-refractivity contribution >= 4 is 21.8 Å². The van der Waals surface area contributed by atoms with Crippen LogP contribution < -0.4 is 5.32 Å². The van der Waals surface area contributed by atoms with Gasteiger partial charge in [-0.25, -0.2) is 14.1 Å². The predicted molar refractivity (Wildman–Crippen MR) is 86.6 cm³/mol. The smallest absolute Gasteiger partial charge is 0.252 e. The van der Waals surface area contributed by atoms with Gasteiger partial charge in [-0.15, -0.1) is 0 Å². The highest BCUT2D eigenvalue weighted by atomic mass is 79.9. The van der Waals surface area contributed by atoms with E-state index in [1.54, 1.807) is 23.3 Å². The number of carbonyl (C=O) groups is 1. The van der Waals surface area contributed by atoms with Crippen LogP contribution in [0.15, 0.2) is 59.5 Å². The van der Waals surface area contributed by atoms with Gasteiger partial charge in [0.25, 0.3) is 5.91 Å². The maximum Gasteiger partial charge on any atom is 0.252 e. The fourth-order valence-electron chi connectivity index (χ4n) is 2.05. The minimum absolute atomic E-state index is 0.283. The van der Waals surface area contributed by atoms with Crippen LogP contribution >= 0.6 is 15.9 Å². The maximum atomic E-state index is 13.1. The van der Waals surface area contributed by atoms with Crippen molar-refractivity contribution in [1.29, 1.82) is 0 Å². The van der Waals surface area contributed by atoms with Crippen LogP contribution in [-0.4, -0.2) is 20.7 Å². The normalized spacial score (nSPS) is 10.5. The molecule has 0 unspecified atom stereocenters. The van der Waals surface area contributed by atoms with Gasteiger partial charge in [0.2, 0.25) is 0 Å². The molecule has 1 aromatic carbocycles. The van der Waals surface area contributed by atoms with E-state index in [0.717, 1.165) is 5.56 Å². The summed E-state index contributed by atoms with van der Waals surface area (Å²) in [6.07, 6.45) is 5.12. The Balaban J connectivity index is 1.71. The number of carbonyl (C=O) groups excluding carboxylic acids is 1. The van der Waals surface area contributed by atoms with Crippen LogP contribution in [0.2, 0.25) is 0 Å². The number of amides is 1. The first kappa shape index (κ1) is 15.4. The number of aromatic nitrogens is 3. The first-order chi connectivity index (χ1) is 11.1. The zero-order valence-electron chi connectivity index (χ0n) is 11.9. The van der Waals surface area contributed by atoms with Crippen molar-refractivity contribution in [1.82, 2.24) is 20.1 Å². The number of hydrogen-bond acceptors (Lipinski definition) is 3. The van der Waals surface area contributed by atoms with Crippen LogP contribution in [0.1, 0.15) is 15.9 Å². The minimum atomic E-state index is -0.397. The lowest BCUT2D eigenvalue weighted by atomic mass is 10.2. The molecule has 1 amide bonds. The average Bonchev–Trinajstić information content (AvgIpc) is 3.07. The van der Waals surface area contributed by atoms with E-state index in [0.29, 0.717) is 22.4 Å². The molecule has 116 valence electrons. The maximum absolute atomic E-state index is 13.1. The fourth-order valence-corrected chi connectivity index (χ4v) is 2.58. The van der Waals surface area contributed by atoms with E-state index in [1.165, 1.54) is 18.2 Å². The molecule has 0 aliphatic rings. The highest BCUT2D eigenvalue weighted by Crippen LogP contribution is 2.18. The van der Waals surface area contributed by atoms with Gasteiger partial charge in [-0.3, -0.25) is 4.79 Å². The van der Waals surface area contributed by atoms with E-state index < -0.39 is 5.82 Å². The quantitative estimate of drug-likeness (QED) is 0.763. The van der Waals surface area contributed by atoms with Crippen LogP contribution in [0.25, 0.3) is 5.82 Å². The van der Waals surface area contributed by atoms with E-state index >= 15 is 0 Å². The number of hydrogen-bond donors (Lipinski definition) is 1. The molecule has 0 bridgehead atoms. The Kier molecular flexibility index (Phi) is 4.47. The third-order valence-electron chi connectivity index (χ3n) is 3.18. The molecule has 7 heteroatoms. The van der Waals surface area contributed by atoms with Crippen LogP contribution in [0, 0.1) is 5.82 Å². The van der Waals surface area contributed by atoms with Crippen LogP contribution in [0.4, 0.5) is 4.39 Å². The van der Waals surface area contributed by atoms with Gasteiger partial charge in [0.05, 0.1) is 5.56 Å². The Morgan fingerprint density at radius 1 is 1.26 bits per heavy atom. The summed E-state index contributed by atoms with van der Waals surface area (Å²) in [5, 5.41) is 6.91. The second-order valence-corrected chi connectivity index (χ2v) is 5.63. The van der Waals surface area contributed by atoms with Gasteiger partial charge in [0, 0.05) is 29.6 Å². The van der Waals surface area contributed by atoms with Crippen molar-refractivity contribution in [2.75, 3.05) is 0 Å². The highest BCUT2D eigenvalue weighted by molar-refractivity contribution is 9.10. The van der Waals surface area contributed by atoms with Crippen LogP contribution in [-0.2, 0) is 6.54 Å². The molecular weight excluding hydrogens is 363 g/mol. The van der Waals surface area contributed by atoms with E-state index in [4.69, 9.17) is 0 Å². The molecule has 3 aromatic rings. The molecular formula is C16H12BrFN4O. The average molecular weight is 375 g/mol. The molecule has 0 radical (unpaired) electrons. The van der Waals surface area contributed by atoms with Crippen LogP contribution in [0.5, 0.6) is 0 Å². The zero-order valence-corrected chi connectivity index (χ0v) is 13.5. The summed E-state index contributed by atoms with van der Waals surface area (Å²) in [5.41, 5.74) is 1.27. The van der Waals surface area contributed by atoms with Crippen LogP contribution in [0.3, 0.4) is 0 Å². The van der Waals surface area contributed by atoms with E-state index in [9.17, 15) is 9.18 Å². The van der Waals surface area contributed by atoms with E-state index in [-0.39, 0.29) is 5.91 Å². The topological polar surface area (TPSA) is 59.8 Å². The number of halogens is 2. The van der Waals surface area contributed by atoms with Gasteiger partial charge in [-0.1, -0.05) is 0 Å². The summed E-state index contributed by atoms with van der Waals surface area (Å²) < 4.78 is 15.1. The second-order valence-electron chi connectivity index (χ2n) is 4.78. The second kappa shape index (κ2) is 6.70. The van der Waals surface area contributed by atoms with E-state index in [1.807, 2.05) is 18.2 Å². The third kappa shape index (κ3) is 3.62. The summed E-state index contributed by atoms with van der Waals surface area (Å²) in [7, 11) is 0. The molecule has 1 N–H and O–H groups in total. The monoisotopic (exact) mass is 374 g/mol. The molecule has 0 fully saturated rings. The van der Waals surface area contributed by atoms with Crippen molar-refractivity contribution in [2.45, 2.75) is 6.54 Å². The van der Waals surface area contributed by atoms with Crippen molar-refractivity contribution in [3.05, 3.63) is 76.4 Å². The Morgan fingerprint density at radius 2 is 2.13 bits per heavy atom. The Morgan fingerprint density at radius 3 is 2.87 bits per heavy atom. The Hall–Kier alpha value is -2.54. The van der Waals surface area contributed by atoms with Gasteiger partial charge in [-0.05, 0) is 57.9 Å². The Bertz CT molecular complexity index is 836. The summed E-state index contributed by atoms with van der Waals surface area (Å²) in [6.45, 7) is 0.333. The van der Waals surface area contributed by atoms with Crippen molar-refractivity contribution in [3.63, 3.8) is 0 Å². The standard InChI is InChI=1S/C16H12BrFN4O/c17-14-9-12(18)2-3-13(14)16(23)20-10-11-4-6-19-15(8-11)22-7-1-5-21-22/h1-9H,10H2,(H,20,23). The lowest BCUT2D eigenvalue weighted by Gasteiger charge is -2.08. The first-order valence-electron chi connectivity index (χ1n) is 6.82. The molecule has 3 rings (SSSR count). The van der Waals surface area contributed by atoms with Gasteiger partial charge < -0.3 is 5.32 Å². The number of pyridine rings is 1. The van der Waals surface area contributed by atoms with Crippen molar-refractivity contribution in [3.8, 4) is 5.82 Å². The number of rotatable bonds is 4. The third-order valence-corrected chi connectivity index (χ3v) is 3.83. The Labute approximate surface area is 140 Å². The summed E-state index contributed by atoms with van der Waals surface area (Å²) in [4.78, 5) is 16.4. The minimum Gasteiger partial charge on any atom is -0.348 e. The molecule has 0 saturated heterocycles. The largest absolute Gasteiger partial charge is 0.348 e. The molecule has 0 aliphatic carbocycles. The zero-order chi connectivity index (χ0) is 16.2. The molecule has 0 aliphatic heterocycles. The molecule has 5 nitrogen and oxygen atoms in total. The molecule has 0 saturated carbocycles. The fraction of sp³-hybridized carbons (Fsp3) is 0.0625. The number of benzene rings is 1. The number of nitrogens with zero attached hydrogens (tertiary/aromatic N) is 3. The molecule has 2 heterocycles. The SMILES string of the molecule is O=C(NCc1ccnc(-n2cccn2)c1)c1ccc(F)cc1Br.